The van der Waals surface area contributed by atoms with Crippen molar-refractivity contribution in [1.82, 2.24) is 15.3 Å². The number of hydroxylamine groups is 1. The van der Waals surface area contributed by atoms with E-state index in [-0.39, 0.29) is 31.4 Å². The summed E-state index contributed by atoms with van der Waals surface area (Å²) in [5.74, 6) is 11.2. The number of rotatable bonds is 6. The van der Waals surface area contributed by atoms with Crippen molar-refractivity contribution in [2.75, 3.05) is 12.9 Å². The first kappa shape index (κ1) is 21.8. The molecule has 1 saturated carbocycles. The Hall–Kier alpha value is -2.85. The summed E-state index contributed by atoms with van der Waals surface area (Å²) < 4.78 is 24.0. The van der Waals surface area contributed by atoms with Crippen LogP contribution in [0.15, 0.2) is 24.4 Å². The average Bonchev–Trinajstić information content (AvgIpc) is 3.37. The minimum Gasteiger partial charge on any atom is -0.396 e. The molecular formula is C21H23N3O5S. The van der Waals surface area contributed by atoms with Crippen molar-refractivity contribution in [2.45, 2.75) is 31.1 Å². The van der Waals surface area contributed by atoms with Crippen LogP contribution in [0.3, 0.4) is 0 Å². The average molecular weight is 429 g/mol. The zero-order valence-corrected chi connectivity index (χ0v) is 17.5. The molecule has 1 aliphatic rings. The van der Waals surface area contributed by atoms with E-state index in [0.717, 1.165) is 29.1 Å². The Morgan fingerprint density at radius 3 is 2.80 bits per heavy atom. The van der Waals surface area contributed by atoms with Gasteiger partial charge in [0.15, 0.2) is 14.6 Å². The molecule has 9 heteroatoms. The second-order valence-electron chi connectivity index (χ2n) is 7.64. The van der Waals surface area contributed by atoms with E-state index in [1.807, 2.05) is 18.2 Å². The summed E-state index contributed by atoms with van der Waals surface area (Å²) in [5, 5.41) is 23.0. The number of hydrogen-bond acceptors (Lipinski definition) is 6. The number of aromatic nitrogens is 2. The molecule has 1 aromatic heterocycles. The second-order valence-corrected chi connectivity index (χ2v) is 10.1. The van der Waals surface area contributed by atoms with Crippen molar-refractivity contribution in [2.24, 2.45) is 11.8 Å². The van der Waals surface area contributed by atoms with Gasteiger partial charge in [0.2, 0.25) is 0 Å². The van der Waals surface area contributed by atoms with Gasteiger partial charge in [-0.2, -0.15) is 5.10 Å². The fourth-order valence-electron chi connectivity index (χ4n) is 3.11. The Morgan fingerprint density at radius 1 is 1.40 bits per heavy atom. The highest BCUT2D eigenvalue weighted by Crippen LogP contribution is 2.36. The minimum absolute atomic E-state index is 0.0534. The third-order valence-electron chi connectivity index (χ3n) is 5.53. The maximum absolute atomic E-state index is 12.1. The van der Waals surface area contributed by atoms with E-state index in [9.17, 15) is 13.2 Å². The van der Waals surface area contributed by atoms with Gasteiger partial charge in [-0.3, -0.25) is 14.7 Å². The molecule has 3 N–H and O–H groups in total. The predicted octanol–water partition coefficient (Wildman–Crippen LogP) is 0.718. The molecule has 1 fully saturated rings. The smallest absolute Gasteiger partial charge is 0.264 e. The fourth-order valence-corrected chi connectivity index (χ4v) is 3.95. The summed E-state index contributed by atoms with van der Waals surface area (Å²) >= 11 is 0. The van der Waals surface area contributed by atoms with Crippen LogP contribution >= 0.6 is 0 Å². The van der Waals surface area contributed by atoms with Crippen LogP contribution in [0.2, 0.25) is 0 Å². The first-order valence-corrected chi connectivity index (χ1v) is 11.3. The number of nitrogens with one attached hydrogen (secondary N) is 1. The Labute approximate surface area is 175 Å². The van der Waals surface area contributed by atoms with Gasteiger partial charge in [0.05, 0.1) is 11.7 Å². The maximum atomic E-state index is 12.1. The number of fused-ring (bicyclic) bond motifs is 1. The van der Waals surface area contributed by atoms with Crippen LogP contribution in [0.4, 0.5) is 0 Å². The van der Waals surface area contributed by atoms with Crippen LogP contribution in [-0.4, -0.2) is 52.0 Å². The summed E-state index contributed by atoms with van der Waals surface area (Å²) in [6.45, 7) is 1.62. The lowest BCUT2D eigenvalue weighted by Gasteiger charge is -2.25. The number of hydrogen-bond donors (Lipinski definition) is 3. The third kappa shape index (κ3) is 4.49. The number of aryl methyl sites for hydroxylation is 1. The standard InChI is InChI=1S/C21H23N3O5S/c1-21(20(26)23-27,30(2,28)29)9-10-24-19-8-7-15(11-17(19)13-22-24)5-3-4-6-16-12-18(16)14-25/h7-8,11,13,16,18,25,27H,9-10,12,14H2,1-2H3,(H,23,26)/t16-,18+,21?/m0/s1. The van der Waals surface area contributed by atoms with Crippen molar-refractivity contribution >= 4 is 26.6 Å². The lowest BCUT2D eigenvalue weighted by molar-refractivity contribution is -0.131. The van der Waals surface area contributed by atoms with Gasteiger partial charge in [-0.1, -0.05) is 11.8 Å². The van der Waals surface area contributed by atoms with E-state index >= 15 is 0 Å². The van der Waals surface area contributed by atoms with Crippen molar-refractivity contribution in [3.05, 3.63) is 30.0 Å². The summed E-state index contributed by atoms with van der Waals surface area (Å²) in [6.07, 6.45) is 3.48. The zero-order chi connectivity index (χ0) is 21.9. The van der Waals surface area contributed by atoms with Crippen LogP contribution < -0.4 is 5.48 Å². The van der Waals surface area contributed by atoms with E-state index in [1.165, 1.54) is 12.4 Å². The van der Waals surface area contributed by atoms with Crippen LogP contribution in [0.5, 0.6) is 0 Å². The number of carbonyl (C=O) groups excluding carboxylic acids is 1. The Kier molecular flexibility index (Phi) is 6.18. The zero-order valence-electron chi connectivity index (χ0n) is 16.7. The molecule has 1 aromatic carbocycles. The highest BCUT2D eigenvalue weighted by molar-refractivity contribution is 7.92. The second kappa shape index (κ2) is 8.49. The van der Waals surface area contributed by atoms with E-state index < -0.39 is 20.5 Å². The lowest BCUT2D eigenvalue weighted by Crippen LogP contribution is -2.49. The molecule has 2 aromatic rings. The number of aliphatic hydroxyl groups is 1. The van der Waals surface area contributed by atoms with Crippen LogP contribution in [0.25, 0.3) is 10.9 Å². The molecule has 0 bridgehead atoms. The van der Waals surface area contributed by atoms with Crippen molar-refractivity contribution < 1.29 is 23.5 Å². The van der Waals surface area contributed by atoms with E-state index in [1.54, 1.807) is 10.9 Å². The fraction of sp³-hybridized carbons (Fsp3) is 0.429. The molecule has 158 valence electrons. The molecule has 30 heavy (non-hydrogen) atoms. The van der Waals surface area contributed by atoms with Gasteiger partial charge in [0.1, 0.15) is 0 Å². The molecule has 1 aliphatic carbocycles. The Bertz CT molecular complexity index is 1200. The SMILES string of the molecule is CC(CCn1ncc2cc(C#CC#C[C@H]3C[C@@H]3CO)ccc21)(C(=O)NO)S(C)(=O)=O. The highest BCUT2D eigenvalue weighted by Gasteiger charge is 2.43. The van der Waals surface area contributed by atoms with Crippen molar-refractivity contribution in [3.8, 4) is 23.7 Å². The molecule has 0 saturated heterocycles. The largest absolute Gasteiger partial charge is 0.396 e. The molecule has 3 rings (SSSR count). The van der Waals surface area contributed by atoms with E-state index in [4.69, 9.17) is 10.3 Å². The summed E-state index contributed by atoms with van der Waals surface area (Å²) in [7, 11) is -3.77. The normalized spacial score (nSPS) is 19.7. The third-order valence-corrected chi connectivity index (χ3v) is 7.55. The topological polar surface area (TPSA) is 122 Å². The number of aliphatic hydroxyl groups excluding tert-OH is 1. The molecule has 0 spiro atoms. The van der Waals surface area contributed by atoms with Crippen LogP contribution in [0.1, 0.15) is 25.3 Å². The molecule has 0 aliphatic heterocycles. The number of amides is 1. The maximum Gasteiger partial charge on any atom is 0.264 e. The Morgan fingerprint density at radius 2 is 2.17 bits per heavy atom. The van der Waals surface area contributed by atoms with Gasteiger partial charge in [-0.25, -0.2) is 13.9 Å². The molecule has 1 amide bonds. The highest BCUT2D eigenvalue weighted by atomic mass is 32.2. The molecule has 8 nitrogen and oxygen atoms in total. The monoisotopic (exact) mass is 429 g/mol. The number of carbonyl (C=O) groups is 1. The van der Waals surface area contributed by atoms with Gasteiger partial charge >= 0.3 is 0 Å². The van der Waals surface area contributed by atoms with Crippen LogP contribution in [0, 0.1) is 35.5 Å². The number of nitrogens with zero attached hydrogens (tertiary/aromatic N) is 2. The van der Waals surface area contributed by atoms with Gasteiger partial charge in [0, 0.05) is 36.3 Å². The molecule has 3 atom stereocenters. The van der Waals surface area contributed by atoms with Crippen molar-refractivity contribution in [1.29, 1.82) is 0 Å². The quantitative estimate of drug-likeness (QED) is 0.353. The number of sulfone groups is 1. The number of benzene rings is 1. The minimum atomic E-state index is -3.77. The van der Waals surface area contributed by atoms with Crippen molar-refractivity contribution in [3.63, 3.8) is 0 Å². The Balaban J connectivity index is 1.74. The predicted molar refractivity (Wildman–Crippen MR) is 111 cm³/mol. The van der Waals surface area contributed by atoms with Gasteiger partial charge in [0.25, 0.3) is 5.91 Å². The molecule has 1 unspecified atom stereocenters. The van der Waals surface area contributed by atoms with Gasteiger partial charge in [-0.05, 0) is 55.7 Å². The molecule has 1 heterocycles. The van der Waals surface area contributed by atoms with Crippen LogP contribution in [-0.2, 0) is 21.2 Å². The summed E-state index contributed by atoms with van der Waals surface area (Å²) in [5.41, 5.74) is 2.98. The lowest BCUT2D eigenvalue weighted by atomic mass is 10.1. The molecular weight excluding hydrogens is 406 g/mol. The van der Waals surface area contributed by atoms with E-state index in [2.05, 4.69) is 28.8 Å². The molecule has 0 radical (unpaired) electrons. The van der Waals surface area contributed by atoms with E-state index in [0.29, 0.717) is 0 Å². The summed E-state index contributed by atoms with van der Waals surface area (Å²) in [4.78, 5) is 11.9. The first-order chi connectivity index (χ1) is 14.2. The van der Waals surface area contributed by atoms with Gasteiger partial charge in [-0.15, -0.1) is 0 Å². The van der Waals surface area contributed by atoms with Gasteiger partial charge < -0.3 is 5.11 Å². The first-order valence-electron chi connectivity index (χ1n) is 9.41. The summed E-state index contributed by atoms with van der Waals surface area (Å²) in [6, 6.07) is 5.50.